The van der Waals surface area contributed by atoms with Gasteiger partial charge in [-0.1, -0.05) is 40.5 Å². The average Bonchev–Trinajstić information content (AvgIpc) is 3.48. The summed E-state index contributed by atoms with van der Waals surface area (Å²) in [6, 6.07) is 18.5. The van der Waals surface area contributed by atoms with E-state index >= 15 is 0 Å². The molecule has 0 bridgehead atoms. The van der Waals surface area contributed by atoms with Gasteiger partial charge in [-0.05, 0) is 60.2 Å². The summed E-state index contributed by atoms with van der Waals surface area (Å²) in [5, 5.41) is 13.6. The van der Waals surface area contributed by atoms with E-state index in [2.05, 4.69) is 11.2 Å². The highest BCUT2D eigenvalue weighted by atomic mass is 35.5. The summed E-state index contributed by atoms with van der Waals surface area (Å²) in [5.41, 5.74) is -1.11. The molecule has 0 amide bonds. The number of aromatic nitrogens is 1. The lowest BCUT2D eigenvalue weighted by atomic mass is 9.86. The number of hydrogen-bond donors (Lipinski definition) is 0. The second-order valence-electron chi connectivity index (χ2n) is 8.24. The lowest BCUT2D eigenvalue weighted by molar-refractivity contribution is -0.275. The molecule has 180 valence electrons. The quantitative estimate of drug-likeness (QED) is 0.285. The average molecular weight is 528 g/mol. The van der Waals surface area contributed by atoms with E-state index in [1.54, 1.807) is 30.5 Å². The molecule has 1 atom stereocenters. The van der Waals surface area contributed by atoms with Crippen LogP contribution in [0.3, 0.4) is 0 Å². The van der Waals surface area contributed by atoms with Crippen molar-refractivity contribution in [1.82, 2.24) is 4.57 Å². The summed E-state index contributed by atoms with van der Waals surface area (Å²) in [6.07, 6.45) is -3.79. The number of rotatable bonds is 3. The number of hydrogen-bond acceptors (Lipinski definition) is 4. The lowest BCUT2D eigenvalue weighted by Crippen LogP contribution is -2.42. The Morgan fingerprint density at radius 3 is 2.36 bits per heavy atom. The third kappa shape index (κ3) is 4.00. The number of benzene rings is 3. The maximum atomic E-state index is 14.2. The fourth-order valence-corrected chi connectivity index (χ4v) is 4.71. The Hall–Kier alpha value is -3.80. The van der Waals surface area contributed by atoms with Gasteiger partial charge in [0.25, 0.3) is 11.5 Å². The fourth-order valence-electron chi connectivity index (χ4n) is 4.18. The minimum Gasteiger partial charge on any atom is -0.374 e. The molecule has 4 aromatic rings. The van der Waals surface area contributed by atoms with Gasteiger partial charge in [-0.3, -0.25) is 9.36 Å². The Morgan fingerprint density at radius 2 is 1.72 bits per heavy atom. The van der Waals surface area contributed by atoms with Crippen LogP contribution in [0.4, 0.5) is 13.2 Å². The SMILES string of the molecule is N#Cc1ccc2c(ccn2C(=O)c2ccc(C3=NOC(c4cc(Cl)cc(Cl)c4)(C(F)(F)F)C3)cc2)c1. The van der Waals surface area contributed by atoms with E-state index in [9.17, 15) is 18.0 Å². The number of carbonyl (C=O) groups is 1. The summed E-state index contributed by atoms with van der Waals surface area (Å²) in [7, 11) is 0. The monoisotopic (exact) mass is 527 g/mol. The first kappa shape index (κ1) is 23.9. The standard InChI is InChI=1S/C26H14Cl2F3N3O2/c27-20-10-19(11-21(28)12-20)25(26(29,30)31)13-22(33-36-25)16-2-4-17(5-3-16)24(35)34-8-7-18-9-15(14-32)1-6-23(18)34/h1-12H,13H2. The highest BCUT2D eigenvalue weighted by molar-refractivity contribution is 6.34. The van der Waals surface area contributed by atoms with Gasteiger partial charge in [0.1, 0.15) is 0 Å². The molecular weight excluding hydrogens is 514 g/mol. The highest BCUT2D eigenvalue weighted by Crippen LogP contribution is 2.49. The van der Waals surface area contributed by atoms with Crippen LogP contribution in [-0.2, 0) is 10.4 Å². The number of nitriles is 1. The molecule has 1 unspecified atom stereocenters. The molecule has 0 aliphatic carbocycles. The molecular formula is C26H14Cl2F3N3O2. The van der Waals surface area contributed by atoms with E-state index in [0.717, 1.165) is 17.5 Å². The van der Waals surface area contributed by atoms with Crippen LogP contribution in [0.2, 0.25) is 10.0 Å². The number of alkyl halides is 3. The van der Waals surface area contributed by atoms with Crippen LogP contribution in [0.1, 0.15) is 33.5 Å². The van der Waals surface area contributed by atoms with Crippen LogP contribution in [0.25, 0.3) is 10.9 Å². The zero-order valence-electron chi connectivity index (χ0n) is 18.2. The van der Waals surface area contributed by atoms with Crippen molar-refractivity contribution >= 4 is 45.7 Å². The van der Waals surface area contributed by atoms with Crippen molar-refractivity contribution in [2.45, 2.75) is 18.2 Å². The second kappa shape index (κ2) is 8.70. The van der Waals surface area contributed by atoms with Crippen LogP contribution in [-0.4, -0.2) is 22.4 Å². The maximum Gasteiger partial charge on any atom is 0.435 e. The van der Waals surface area contributed by atoms with Crippen LogP contribution in [0.5, 0.6) is 0 Å². The Labute approximate surface area is 212 Å². The third-order valence-corrected chi connectivity index (χ3v) is 6.45. The van der Waals surface area contributed by atoms with Gasteiger partial charge in [0.15, 0.2) is 0 Å². The number of halogens is 5. The predicted octanol–water partition coefficient (Wildman–Crippen LogP) is 7.09. The van der Waals surface area contributed by atoms with E-state index in [1.165, 1.54) is 34.9 Å². The van der Waals surface area contributed by atoms with Crippen LogP contribution in [0, 0.1) is 11.3 Å². The lowest BCUT2D eigenvalue weighted by Gasteiger charge is -2.29. The smallest absolute Gasteiger partial charge is 0.374 e. The van der Waals surface area contributed by atoms with E-state index < -0.39 is 18.2 Å². The molecule has 0 saturated heterocycles. The first-order valence-electron chi connectivity index (χ1n) is 10.6. The van der Waals surface area contributed by atoms with Crippen molar-refractivity contribution in [3.05, 3.63) is 105 Å². The largest absolute Gasteiger partial charge is 0.435 e. The Bertz CT molecular complexity index is 1570. The van der Waals surface area contributed by atoms with Gasteiger partial charge in [0, 0.05) is 39.2 Å². The van der Waals surface area contributed by atoms with E-state index in [-0.39, 0.29) is 27.2 Å². The van der Waals surface area contributed by atoms with Gasteiger partial charge in [-0.25, -0.2) is 0 Å². The van der Waals surface area contributed by atoms with Crippen molar-refractivity contribution in [3.63, 3.8) is 0 Å². The molecule has 3 aromatic carbocycles. The highest BCUT2D eigenvalue weighted by Gasteiger charge is 2.62. The normalized spacial score (nSPS) is 17.5. The van der Waals surface area contributed by atoms with Crippen molar-refractivity contribution in [2.75, 3.05) is 0 Å². The van der Waals surface area contributed by atoms with Gasteiger partial charge in [-0.2, -0.15) is 18.4 Å². The molecule has 1 aliphatic rings. The molecule has 2 heterocycles. The van der Waals surface area contributed by atoms with Crippen molar-refractivity contribution in [3.8, 4) is 6.07 Å². The molecule has 36 heavy (non-hydrogen) atoms. The van der Waals surface area contributed by atoms with Gasteiger partial charge in [-0.15, -0.1) is 0 Å². The number of carbonyl (C=O) groups excluding carboxylic acids is 1. The second-order valence-corrected chi connectivity index (χ2v) is 9.12. The molecule has 0 fully saturated rings. The van der Waals surface area contributed by atoms with E-state index in [1.807, 2.05) is 0 Å². The molecule has 5 rings (SSSR count). The molecule has 0 saturated carbocycles. The summed E-state index contributed by atoms with van der Waals surface area (Å²) in [4.78, 5) is 18.1. The number of nitrogens with zero attached hydrogens (tertiary/aromatic N) is 3. The van der Waals surface area contributed by atoms with Crippen LogP contribution < -0.4 is 0 Å². The Morgan fingerprint density at radius 1 is 1.03 bits per heavy atom. The van der Waals surface area contributed by atoms with Gasteiger partial charge in [0.2, 0.25) is 0 Å². The van der Waals surface area contributed by atoms with Crippen LogP contribution >= 0.6 is 23.2 Å². The number of oxime groups is 1. The fraction of sp³-hybridized carbons (Fsp3) is 0.115. The van der Waals surface area contributed by atoms with Gasteiger partial charge >= 0.3 is 6.18 Å². The summed E-state index contributed by atoms with van der Waals surface area (Å²) >= 11 is 11.9. The van der Waals surface area contributed by atoms with Gasteiger partial charge < -0.3 is 4.84 Å². The molecule has 0 spiro atoms. The molecule has 0 radical (unpaired) electrons. The summed E-state index contributed by atoms with van der Waals surface area (Å²) in [5.74, 6) is -0.330. The molecule has 10 heteroatoms. The molecule has 5 nitrogen and oxygen atoms in total. The van der Waals surface area contributed by atoms with E-state index in [0.29, 0.717) is 22.2 Å². The van der Waals surface area contributed by atoms with Crippen molar-refractivity contribution in [2.24, 2.45) is 5.16 Å². The zero-order chi connectivity index (χ0) is 25.7. The summed E-state index contributed by atoms with van der Waals surface area (Å²) < 4.78 is 44.1. The van der Waals surface area contributed by atoms with Gasteiger partial charge in [0.05, 0.1) is 22.9 Å². The minimum atomic E-state index is -4.80. The first-order valence-corrected chi connectivity index (χ1v) is 11.3. The topological polar surface area (TPSA) is 67.4 Å². The third-order valence-electron chi connectivity index (χ3n) is 6.02. The molecule has 0 N–H and O–H groups in total. The maximum absolute atomic E-state index is 14.2. The minimum absolute atomic E-state index is 0.0439. The summed E-state index contributed by atoms with van der Waals surface area (Å²) in [6.45, 7) is 0. The number of fused-ring (bicyclic) bond motifs is 1. The van der Waals surface area contributed by atoms with Crippen molar-refractivity contribution < 1.29 is 22.8 Å². The first-order chi connectivity index (χ1) is 17.1. The van der Waals surface area contributed by atoms with Crippen LogP contribution in [0.15, 0.2) is 78.1 Å². The van der Waals surface area contributed by atoms with E-state index in [4.69, 9.17) is 33.3 Å². The predicted molar refractivity (Wildman–Crippen MR) is 129 cm³/mol. The van der Waals surface area contributed by atoms with Crippen molar-refractivity contribution in [1.29, 1.82) is 5.26 Å². The zero-order valence-corrected chi connectivity index (χ0v) is 19.7. The Balaban J connectivity index is 1.42. The molecule has 1 aliphatic heterocycles. The Kier molecular flexibility index (Phi) is 5.78. The molecule has 1 aromatic heterocycles.